The van der Waals surface area contributed by atoms with Crippen LogP contribution in [0.2, 0.25) is 0 Å². The molecule has 7 nitrogen and oxygen atoms in total. The van der Waals surface area contributed by atoms with Crippen LogP contribution < -0.4 is 0 Å². The molecule has 3 amide bonds. The van der Waals surface area contributed by atoms with Gasteiger partial charge in [0.15, 0.2) is 0 Å². The molecule has 3 aliphatic rings. The highest BCUT2D eigenvalue weighted by molar-refractivity contribution is 8.02. The smallest absolute Gasteiger partial charge is 0.247 e. The lowest BCUT2D eigenvalue weighted by Crippen LogP contribution is -2.60. The van der Waals surface area contributed by atoms with E-state index in [1.54, 1.807) is 33.7 Å². The summed E-state index contributed by atoms with van der Waals surface area (Å²) in [5.41, 5.74) is 0.995. The summed E-state index contributed by atoms with van der Waals surface area (Å²) in [5, 5.41) is 10.5. The number of amides is 3. The van der Waals surface area contributed by atoms with Crippen LogP contribution in [0.3, 0.4) is 0 Å². The second-order valence-electron chi connectivity index (χ2n) is 11.9. The molecule has 0 saturated carbocycles. The lowest BCUT2D eigenvalue weighted by molar-refractivity contribution is -0.148. The van der Waals surface area contributed by atoms with Crippen LogP contribution in [-0.4, -0.2) is 85.8 Å². The van der Waals surface area contributed by atoms with E-state index in [1.165, 1.54) is 0 Å². The molecule has 3 unspecified atom stereocenters. The molecule has 0 aliphatic carbocycles. The van der Waals surface area contributed by atoms with E-state index in [4.69, 9.17) is 0 Å². The first-order valence-corrected chi connectivity index (χ1v) is 15.5. The van der Waals surface area contributed by atoms with Gasteiger partial charge in [0.1, 0.15) is 6.04 Å². The molecule has 0 aromatic heterocycles. The van der Waals surface area contributed by atoms with Gasteiger partial charge in [-0.05, 0) is 30.2 Å². The zero-order valence-corrected chi connectivity index (χ0v) is 25.2. The first kappa shape index (κ1) is 30.4. The number of likely N-dealkylation sites (tertiary alicyclic amines) is 1. The minimum atomic E-state index is -0.768. The molecule has 3 heterocycles. The van der Waals surface area contributed by atoms with E-state index in [0.29, 0.717) is 26.2 Å². The van der Waals surface area contributed by atoms with Crippen molar-refractivity contribution in [3.8, 4) is 0 Å². The van der Waals surface area contributed by atoms with Gasteiger partial charge in [0.05, 0.1) is 29.2 Å². The van der Waals surface area contributed by atoms with Gasteiger partial charge in [-0.1, -0.05) is 70.2 Å². The van der Waals surface area contributed by atoms with Gasteiger partial charge in [0, 0.05) is 31.4 Å². The zero-order chi connectivity index (χ0) is 29.2. The van der Waals surface area contributed by atoms with E-state index in [1.807, 2.05) is 56.0 Å². The molecule has 0 radical (unpaired) electrons. The highest BCUT2D eigenvalue weighted by Gasteiger charge is 2.77. The monoisotopic (exact) mass is 567 g/mol. The predicted octanol–water partition coefficient (Wildman–Crippen LogP) is 3.98. The highest BCUT2D eigenvalue weighted by Crippen LogP contribution is 2.69. The van der Waals surface area contributed by atoms with Crippen LogP contribution >= 0.6 is 11.8 Å². The molecular formula is C32H45N3O4S. The number of hydrogen-bond donors (Lipinski definition) is 1. The highest BCUT2D eigenvalue weighted by atomic mass is 32.2. The van der Waals surface area contributed by atoms with Gasteiger partial charge in [-0.2, -0.15) is 0 Å². The fourth-order valence-corrected chi connectivity index (χ4v) is 9.69. The van der Waals surface area contributed by atoms with Crippen LogP contribution in [0.1, 0.15) is 46.1 Å². The zero-order valence-electron chi connectivity index (χ0n) is 24.4. The lowest BCUT2D eigenvalue weighted by Gasteiger charge is -2.43. The Hall–Kier alpha value is -2.58. The maximum absolute atomic E-state index is 14.7. The third-order valence-electron chi connectivity index (χ3n) is 9.05. The van der Waals surface area contributed by atoms with Crippen LogP contribution in [0.15, 0.2) is 55.6 Å². The van der Waals surface area contributed by atoms with Crippen molar-refractivity contribution in [2.24, 2.45) is 23.7 Å². The minimum Gasteiger partial charge on any atom is -0.394 e. The number of aliphatic hydroxyl groups excluding tert-OH is 1. The Morgan fingerprint density at radius 2 is 1.80 bits per heavy atom. The number of carbonyl (C=O) groups is 3. The fraction of sp³-hybridized carbons (Fsp3) is 0.594. The number of hydrogen-bond acceptors (Lipinski definition) is 5. The molecule has 4 rings (SSSR count). The number of aliphatic hydroxyl groups is 1. The summed E-state index contributed by atoms with van der Waals surface area (Å²) in [6.45, 7) is 17.4. The second-order valence-corrected chi connectivity index (χ2v) is 13.4. The minimum absolute atomic E-state index is 0.0169. The predicted molar refractivity (Wildman–Crippen MR) is 160 cm³/mol. The van der Waals surface area contributed by atoms with Gasteiger partial charge in [-0.25, -0.2) is 0 Å². The average Bonchev–Trinajstić information content (AvgIpc) is 3.52. The molecule has 2 bridgehead atoms. The van der Waals surface area contributed by atoms with Gasteiger partial charge in [0.25, 0.3) is 0 Å². The van der Waals surface area contributed by atoms with Crippen molar-refractivity contribution in [3.05, 3.63) is 61.2 Å². The number of rotatable bonds is 13. The SMILES string of the molecule is C=CCN(Cc1ccccc1)C(=O)C1N([C@@H](CO)C(C)C)C(=O)[C@@H]2[C@H](C(=O)N(CC=C)CCC)[C@@H]3CC(C)C12S3. The Bertz CT molecular complexity index is 1110. The molecule has 8 heteroatoms. The van der Waals surface area contributed by atoms with Crippen molar-refractivity contribution in [3.63, 3.8) is 0 Å². The summed E-state index contributed by atoms with van der Waals surface area (Å²) >= 11 is 1.68. The van der Waals surface area contributed by atoms with Gasteiger partial charge in [-0.15, -0.1) is 24.9 Å². The van der Waals surface area contributed by atoms with Crippen molar-refractivity contribution in [2.75, 3.05) is 26.2 Å². The Morgan fingerprint density at radius 3 is 2.38 bits per heavy atom. The van der Waals surface area contributed by atoms with E-state index in [9.17, 15) is 19.5 Å². The number of fused-ring (bicyclic) bond motifs is 1. The summed E-state index contributed by atoms with van der Waals surface area (Å²) < 4.78 is -0.732. The van der Waals surface area contributed by atoms with Crippen LogP contribution in [0.4, 0.5) is 0 Å². The molecule has 3 saturated heterocycles. The Labute approximate surface area is 243 Å². The second kappa shape index (κ2) is 12.5. The summed E-state index contributed by atoms with van der Waals surface area (Å²) in [6, 6.07) is 8.53. The molecular weight excluding hydrogens is 522 g/mol. The molecule has 1 aromatic rings. The van der Waals surface area contributed by atoms with Gasteiger partial charge in [0.2, 0.25) is 17.7 Å². The topological polar surface area (TPSA) is 81.2 Å². The van der Waals surface area contributed by atoms with Crippen LogP contribution in [0.5, 0.6) is 0 Å². The Balaban J connectivity index is 1.81. The molecule has 3 aliphatic heterocycles. The molecule has 40 heavy (non-hydrogen) atoms. The number of carbonyl (C=O) groups excluding carboxylic acids is 3. The van der Waals surface area contributed by atoms with Crippen LogP contribution in [-0.2, 0) is 20.9 Å². The molecule has 1 N–H and O–H groups in total. The van der Waals surface area contributed by atoms with E-state index >= 15 is 0 Å². The third-order valence-corrected chi connectivity index (χ3v) is 11.1. The Kier molecular flexibility index (Phi) is 9.51. The maximum atomic E-state index is 14.7. The van der Waals surface area contributed by atoms with Crippen molar-refractivity contribution < 1.29 is 19.5 Å². The maximum Gasteiger partial charge on any atom is 0.247 e. The van der Waals surface area contributed by atoms with E-state index < -0.39 is 28.7 Å². The van der Waals surface area contributed by atoms with Crippen LogP contribution in [0.25, 0.3) is 0 Å². The largest absolute Gasteiger partial charge is 0.394 e. The van der Waals surface area contributed by atoms with Crippen molar-refractivity contribution >= 4 is 29.5 Å². The van der Waals surface area contributed by atoms with Crippen molar-refractivity contribution in [1.29, 1.82) is 0 Å². The standard InChI is InChI=1S/C32H45N3O4S/c1-7-15-33(16-8-2)29(37)26-25-18-22(6)32(40-25)27(26)30(38)35(24(20-36)21(4)5)28(32)31(39)34(17-9-3)19-23-13-11-10-12-14-23/h7,9-14,21-22,24-28,36H,1,3,8,15-20H2,2,4-6H3/t22?,24-,25-,26+,27-,28?,32?/m0/s1. The third kappa shape index (κ3) is 5.02. The van der Waals surface area contributed by atoms with Crippen molar-refractivity contribution in [2.45, 2.75) is 69.2 Å². The van der Waals surface area contributed by atoms with E-state index in [2.05, 4.69) is 20.1 Å². The van der Waals surface area contributed by atoms with Crippen LogP contribution in [0, 0.1) is 23.7 Å². The number of nitrogens with zero attached hydrogens (tertiary/aromatic N) is 3. The van der Waals surface area contributed by atoms with E-state index in [-0.39, 0.29) is 41.4 Å². The fourth-order valence-electron chi connectivity index (χ4n) is 7.29. The average molecular weight is 568 g/mol. The first-order valence-electron chi connectivity index (χ1n) is 14.6. The quantitative estimate of drug-likeness (QED) is 0.365. The molecule has 218 valence electrons. The molecule has 7 atom stereocenters. The number of benzene rings is 1. The van der Waals surface area contributed by atoms with Gasteiger partial charge < -0.3 is 19.8 Å². The molecule has 1 aromatic carbocycles. The lowest BCUT2D eigenvalue weighted by atomic mass is 9.65. The summed E-state index contributed by atoms with van der Waals surface area (Å²) in [5.74, 6) is -1.42. The summed E-state index contributed by atoms with van der Waals surface area (Å²) in [6.07, 6.45) is 5.05. The van der Waals surface area contributed by atoms with Crippen molar-refractivity contribution in [1.82, 2.24) is 14.7 Å². The molecule has 1 spiro atoms. The van der Waals surface area contributed by atoms with Gasteiger partial charge >= 0.3 is 0 Å². The Morgan fingerprint density at radius 1 is 1.15 bits per heavy atom. The number of thioether (sulfide) groups is 1. The first-order chi connectivity index (χ1) is 19.2. The normalized spacial score (nSPS) is 29.4. The molecule has 3 fully saturated rings. The van der Waals surface area contributed by atoms with E-state index in [0.717, 1.165) is 18.4 Å². The van der Waals surface area contributed by atoms with Gasteiger partial charge in [-0.3, -0.25) is 14.4 Å². The summed E-state index contributed by atoms with van der Waals surface area (Å²) in [4.78, 5) is 48.6. The summed E-state index contributed by atoms with van der Waals surface area (Å²) in [7, 11) is 0.